The molecule has 0 aliphatic carbocycles. The molecule has 0 aromatic rings. The molecule has 1 rings (SSSR count). The Bertz CT molecular complexity index is 368. The standard InChI is InChI=1S/C9H18N2O4S/c1-7-5-11(16(3,14)15)6-8(10(7)2)4-9(12)13/h7-8H,4-6H2,1-3H3,(H,12,13)/t7-,8-/m0/s1. The number of rotatable bonds is 3. The van der Waals surface area contributed by atoms with Gasteiger partial charge in [0.05, 0.1) is 12.7 Å². The van der Waals surface area contributed by atoms with Crippen LogP contribution in [0.3, 0.4) is 0 Å². The van der Waals surface area contributed by atoms with Crippen molar-refractivity contribution in [1.82, 2.24) is 9.21 Å². The highest BCUT2D eigenvalue weighted by atomic mass is 32.2. The number of carboxylic acids is 1. The summed E-state index contributed by atoms with van der Waals surface area (Å²) in [5, 5.41) is 8.76. The molecule has 6 nitrogen and oxygen atoms in total. The number of hydrogen-bond donors (Lipinski definition) is 1. The molecular formula is C9H18N2O4S. The molecule has 1 saturated heterocycles. The minimum Gasteiger partial charge on any atom is -0.481 e. The molecule has 0 amide bonds. The third-order valence-electron chi connectivity index (χ3n) is 3.03. The van der Waals surface area contributed by atoms with Gasteiger partial charge < -0.3 is 5.11 Å². The van der Waals surface area contributed by atoms with Gasteiger partial charge in [-0.25, -0.2) is 8.42 Å². The van der Waals surface area contributed by atoms with Crippen LogP contribution in [0.5, 0.6) is 0 Å². The summed E-state index contributed by atoms with van der Waals surface area (Å²) in [6.45, 7) is 2.57. The van der Waals surface area contributed by atoms with Gasteiger partial charge in [0.15, 0.2) is 0 Å². The zero-order valence-electron chi connectivity index (χ0n) is 9.75. The summed E-state index contributed by atoms with van der Waals surface area (Å²) in [5.41, 5.74) is 0. The predicted octanol–water partition coefficient (Wildman–Crippen LogP) is -0.575. The lowest BCUT2D eigenvalue weighted by atomic mass is 10.1. The van der Waals surface area contributed by atoms with Gasteiger partial charge in [0.1, 0.15) is 0 Å². The van der Waals surface area contributed by atoms with Crippen LogP contribution in [0.25, 0.3) is 0 Å². The Kier molecular flexibility index (Phi) is 3.92. The normalized spacial score (nSPS) is 29.2. The Morgan fingerprint density at radius 1 is 1.44 bits per heavy atom. The Balaban J connectivity index is 2.81. The Morgan fingerprint density at radius 3 is 2.44 bits per heavy atom. The minimum atomic E-state index is -3.24. The van der Waals surface area contributed by atoms with E-state index in [4.69, 9.17) is 5.11 Å². The van der Waals surface area contributed by atoms with E-state index in [1.54, 1.807) is 0 Å². The lowest BCUT2D eigenvalue weighted by molar-refractivity contribution is -0.139. The van der Waals surface area contributed by atoms with Crippen molar-refractivity contribution in [3.05, 3.63) is 0 Å². The van der Waals surface area contributed by atoms with E-state index >= 15 is 0 Å². The number of aliphatic carboxylic acids is 1. The topological polar surface area (TPSA) is 77.9 Å². The molecule has 0 aromatic heterocycles. The number of carboxylic acid groups (broad SMARTS) is 1. The Labute approximate surface area is 95.9 Å². The largest absolute Gasteiger partial charge is 0.481 e. The fourth-order valence-corrected chi connectivity index (χ4v) is 2.83. The smallest absolute Gasteiger partial charge is 0.304 e. The fraction of sp³-hybridized carbons (Fsp3) is 0.889. The summed E-state index contributed by atoms with van der Waals surface area (Å²) in [6, 6.07) is -0.219. The van der Waals surface area contributed by atoms with Gasteiger partial charge in [0, 0.05) is 25.2 Å². The number of sulfonamides is 1. The molecule has 1 aliphatic heterocycles. The summed E-state index contributed by atoms with van der Waals surface area (Å²) in [6.07, 6.45) is 1.12. The third-order valence-corrected chi connectivity index (χ3v) is 4.27. The second kappa shape index (κ2) is 4.68. The summed E-state index contributed by atoms with van der Waals surface area (Å²) in [5.74, 6) is -0.903. The lowest BCUT2D eigenvalue weighted by Crippen LogP contribution is -2.57. The first-order valence-corrected chi connectivity index (χ1v) is 6.95. The molecular weight excluding hydrogens is 232 g/mol. The van der Waals surface area contributed by atoms with Gasteiger partial charge in [-0.3, -0.25) is 9.69 Å². The Hall–Kier alpha value is -0.660. The van der Waals surface area contributed by atoms with Gasteiger partial charge in [-0.1, -0.05) is 0 Å². The van der Waals surface area contributed by atoms with Crippen LogP contribution in [0, 0.1) is 0 Å². The molecule has 94 valence electrons. The Morgan fingerprint density at radius 2 is 2.00 bits per heavy atom. The highest BCUT2D eigenvalue weighted by molar-refractivity contribution is 7.88. The van der Waals surface area contributed by atoms with Crippen molar-refractivity contribution in [1.29, 1.82) is 0 Å². The first kappa shape index (κ1) is 13.4. The van der Waals surface area contributed by atoms with Crippen molar-refractivity contribution in [2.24, 2.45) is 0 Å². The van der Waals surface area contributed by atoms with Crippen LogP contribution in [0.4, 0.5) is 0 Å². The van der Waals surface area contributed by atoms with Crippen LogP contribution in [-0.4, -0.2) is 67.2 Å². The minimum absolute atomic E-state index is 0.0349. The van der Waals surface area contributed by atoms with Crippen LogP contribution in [0.1, 0.15) is 13.3 Å². The van der Waals surface area contributed by atoms with E-state index < -0.39 is 16.0 Å². The van der Waals surface area contributed by atoms with Crippen molar-refractivity contribution < 1.29 is 18.3 Å². The van der Waals surface area contributed by atoms with E-state index in [0.29, 0.717) is 6.54 Å². The summed E-state index contributed by atoms with van der Waals surface area (Å²) < 4.78 is 24.2. The molecule has 1 fully saturated rings. The highest BCUT2D eigenvalue weighted by Crippen LogP contribution is 2.18. The molecule has 0 unspecified atom stereocenters. The van der Waals surface area contributed by atoms with E-state index in [1.807, 2.05) is 18.9 Å². The molecule has 16 heavy (non-hydrogen) atoms. The van der Waals surface area contributed by atoms with Crippen molar-refractivity contribution in [2.75, 3.05) is 26.4 Å². The van der Waals surface area contributed by atoms with Crippen molar-refractivity contribution in [2.45, 2.75) is 25.4 Å². The van der Waals surface area contributed by atoms with E-state index in [9.17, 15) is 13.2 Å². The molecule has 1 aliphatic rings. The van der Waals surface area contributed by atoms with Gasteiger partial charge in [0.2, 0.25) is 10.0 Å². The number of piperazine rings is 1. The molecule has 7 heteroatoms. The maximum Gasteiger partial charge on any atom is 0.304 e. The first-order valence-electron chi connectivity index (χ1n) is 5.10. The monoisotopic (exact) mass is 250 g/mol. The molecule has 1 heterocycles. The van der Waals surface area contributed by atoms with Gasteiger partial charge in [-0.15, -0.1) is 0 Å². The number of carbonyl (C=O) groups is 1. The van der Waals surface area contributed by atoms with E-state index in [-0.39, 0.29) is 25.0 Å². The maximum absolute atomic E-state index is 11.4. The van der Waals surface area contributed by atoms with Crippen LogP contribution >= 0.6 is 0 Å². The molecule has 0 radical (unpaired) electrons. The van der Waals surface area contributed by atoms with Crippen LogP contribution in [0.15, 0.2) is 0 Å². The van der Waals surface area contributed by atoms with Crippen LogP contribution in [-0.2, 0) is 14.8 Å². The summed E-state index contributed by atoms with van der Waals surface area (Å²) in [7, 11) is -1.41. The number of nitrogens with zero attached hydrogens (tertiary/aromatic N) is 2. The lowest BCUT2D eigenvalue weighted by Gasteiger charge is -2.42. The molecule has 2 atom stereocenters. The van der Waals surface area contributed by atoms with Crippen molar-refractivity contribution in [3.63, 3.8) is 0 Å². The van der Waals surface area contributed by atoms with Crippen molar-refractivity contribution >= 4 is 16.0 Å². The number of hydrogen-bond acceptors (Lipinski definition) is 4. The molecule has 0 spiro atoms. The third kappa shape index (κ3) is 3.16. The van der Waals surface area contributed by atoms with Crippen LogP contribution in [0.2, 0.25) is 0 Å². The van der Waals surface area contributed by atoms with E-state index in [1.165, 1.54) is 4.31 Å². The second-order valence-corrected chi connectivity index (χ2v) is 6.33. The van der Waals surface area contributed by atoms with Gasteiger partial charge in [0.25, 0.3) is 0 Å². The maximum atomic E-state index is 11.4. The molecule has 0 aromatic carbocycles. The SMILES string of the molecule is C[C@H]1CN(S(C)(=O)=O)C[C@H](CC(=O)O)N1C. The quantitative estimate of drug-likeness (QED) is 0.725. The fourth-order valence-electron chi connectivity index (χ4n) is 1.90. The molecule has 0 saturated carbocycles. The highest BCUT2D eigenvalue weighted by Gasteiger charge is 2.34. The zero-order valence-corrected chi connectivity index (χ0v) is 10.6. The number of likely N-dealkylation sites (N-methyl/N-ethyl adjacent to an activating group) is 1. The molecule has 0 bridgehead atoms. The first-order chi connectivity index (χ1) is 7.21. The summed E-state index contributed by atoms with van der Waals surface area (Å²) in [4.78, 5) is 12.6. The van der Waals surface area contributed by atoms with Crippen LogP contribution < -0.4 is 0 Å². The summed E-state index contributed by atoms with van der Waals surface area (Å²) >= 11 is 0. The van der Waals surface area contributed by atoms with Gasteiger partial charge >= 0.3 is 5.97 Å². The average Bonchev–Trinajstić information content (AvgIpc) is 2.10. The zero-order chi connectivity index (χ0) is 12.5. The second-order valence-electron chi connectivity index (χ2n) is 4.35. The van der Waals surface area contributed by atoms with Gasteiger partial charge in [-0.05, 0) is 14.0 Å². The van der Waals surface area contributed by atoms with Gasteiger partial charge in [-0.2, -0.15) is 4.31 Å². The van der Waals surface area contributed by atoms with Crippen molar-refractivity contribution in [3.8, 4) is 0 Å². The van der Waals surface area contributed by atoms with E-state index in [2.05, 4.69) is 0 Å². The van der Waals surface area contributed by atoms with E-state index in [0.717, 1.165) is 6.26 Å². The molecule has 1 N–H and O–H groups in total. The average molecular weight is 250 g/mol. The predicted molar refractivity (Wildman–Crippen MR) is 59.7 cm³/mol.